The zero-order chi connectivity index (χ0) is 12.1. The zero-order valence-corrected chi connectivity index (χ0v) is 9.82. The molecule has 0 aliphatic carbocycles. The molecule has 0 bridgehead atoms. The lowest BCUT2D eigenvalue weighted by atomic mass is 10.2. The van der Waals surface area contributed by atoms with E-state index in [1.807, 2.05) is 0 Å². The molecule has 1 heterocycles. The number of terminal acetylenes is 1. The van der Waals surface area contributed by atoms with Crippen LogP contribution >= 0.6 is 15.9 Å². The van der Waals surface area contributed by atoms with Crippen LogP contribution in [0.4, 0.5) is 5.88 Å². The molecule has 16 heavy (non-hydrogen) atoms. The summed E-state index contributed by atoms with van der Waals surface area (Å²) in [7, 11) is 0. The van der Waals surface area contributed by atoms with Crippen molar-refractivity contribution in [1.29, 1.82) is 0 Å². The molecule has 1 unspecified atom stereocenters. The van der Waals surface area contributed by atoms with E-state index in [4.69, 9.17) is 15.9 Å². The van der Waals surface area contributed by atoms with Gasteiger partial charge in [-0.2, -0.15) is 0 Å². The maximum absolute atomic E-state index is 10.6. The Hall–Kier alpha value is -1.45. The van der Waals surface area contributed by atoms with Crippen molar-refractivity contribution >= 4 is 27.8 Å². The third kappa shape index (κ3) is 3.29. The van der Waals surface area contributed by atoms with Crippen molar-refractivity contribution in [3.63, 3.8) is 0 Å². The molecule has 0 saturated heterocycles. The van der Waals surface area contributed by atoms with Gasteiger partial charge in [0.2, 0.25) is 11.6 Å². The van der Waals surface area contributed by atoms with Gasteiger partial charge < -0.3 is 19.9 Å². The molecule has 0 radical (unpaired) electrons. The standard InChI is InChI=1S/C10H10BrNO4/c1-2-3-6(13)5-12-9-7(11)4-8(16-9)10(14)15/h1,4,6,12-13H,3,5H2,(H,14,15). The summed E-state index contributed by atoms with van der Waals surface area (Å²) in [5.41, 5.74) is 0. The van der Waals surface area contributed by atoms with Gasteiger partial charge in [-0.1, -0.05) is 0 Å². The molecule has 1 rings (SSSR count). The number of aliphatic hydroxyl groups is 1. The predicted molar refractivity (Wildman–Crippen MR) is 61.3 cm³/mol. The Morgan fingerprint density at radius 1 is 1.75 bits per heavy atom. The van der Waals surface area contributed by atoms with Crippen molar-refractivity contribution in [3.8, 4) is 12.3 Å². The smallest absolute Gasteiger partial charge is 0.371 e. The van der Waals surface area contributed by atoms with Crippen LogP contribution in [0.15, 0.2) is 15.0 Å². The molecule has 1 aromatic heterocycles. The first-order chi connectivity index (χ1) is 7.54. The highest BCUT2D eigenvalue weighted by atomic mass is 79.9. The summed E-state index contributed by atoms with van der Waals surface area (Å²) in [5, 5.41) is 20.8. The van der Waals surface area contributed by atoms with Crippen LogP contribution < -0.4 is 5.32 Å². The van der Waals surface area contributed by atoms with Gasteiger partial charge >= 0.3 is 5.97 Å². The number of furan rings is 1. The second-order valence-corrected chi connectivity index (χ2v) is 3.89. The van der Waals surface area contributed by atoms with Gasteiger partial charge in [-0.05, 0) is 15.9 Å². The molecule has 0 spiro atoms. The molecular weight excluding hydrogens is 278 g/mol. The fraction of sp³-hybridized carbons (Fsp3) is 0.300. The van der Waals surface area contributed by atoms with E-state index in [0.29, 0.717) is 4.47 Å². The van der Waals surface area contributed by atoms with Gasteiger partial charge in [0, 0.05) is 19.0 Å². The minimum absolute atomic E-state index is 0.180. The summed E-state index contributed by atoms with van der Waals surface area (Å²) in [4.78, 5) is 10.6. The molecule has 6 heteroatoms. The molecule has 0 aromatic carbocycles. The highest BCUT2D eigenvalue weighted by Crippen LogP contribution is 2.26. The normalized spacial score (nSPS) is 11.8. The highest BCUT2D eigenvalue weighted by Gasteiger charge is 2.14. The number of hydrogen-bond acceptors (Lipinski definition) is 4. The third-order valence-electron chi connectivity index (χ3n) is 1.75. The number of anilines is 1. The van der Waals surface area contributed by atoms with Crippen molar-refractivity contribution in [3.05, 3.63) is 16.3 Å². The SMILES string of the molecule is C#CCC(O)CNc1oc(C(=O)O)cc1Br. The van der Waals surface area contributed by atoms with Gasteiger partial charge in [-0.15, -0.1) is 12.3 Å². The number of halogens is 1. The van der Waals surface area contributed by atoms with Crippen LogP contribution in [-0.4, -0.2) is 28.8 Å². The predicted octanol–water partition coefficient (Wildman–Crippen LogP) is 1.54. The van der Waals surface area contributed by atoms with E-state index in [0.717, 1.165) is 0 Å². The van der Waals surface area contributed by atoms with Crippen LogP contribution in [0.3, 0.4) is 0 Å². The summed E-state index contributed by atoms with van der Waals surface area (Å²) in [6, 6.07) is 1.33. The molecule has 0 aliphatic heterocycles. The number of carboxylic acid groups (broad SMARTS) is 1. The summed E-state index contributed by atoms with van der Waals surface area (Å²) in [6.07, 6.45) is 4.54. The van der Waals surface area contributed by atoms with Crippen molar-refractivity contribution in [2.24, 2.45) is 0 Å². The van der Waals surface area contributed by atoms with Crippen molar-refractivity contribution in [1.82, 2.24) is 0 Å². The Labute approximate surface area is 101 Å². The number of aromatic carboxylic acids is 1. The summed E-state index contributed by atoms with van der Waals surface area (Å²) >= 11 is 3.13. The van der Waals surface area contributed by atoms with Crippen LogP contribution in [-0.2, 0) is 0 Å². The lowest BCUT2D eigenvalue weighted by Crippen LogP contribution is -2.18. The van der Waals surface area contributed by atoms with Crippen LogP contribution in [0, 0.1) is 12.3 Å². The van der Waals surface area contributed by atoms with E-state index in [-0.39, 0.29) is 24.6 Å². The van der Waals surface area contributed by atoms with Crippen LogP contribution in [0.25, 0.3) is 0 Å². The summed E-state index contributed by atoms with van der Waals surface area (Å²) < 4.78 is 5.47. The highest BCUT2D eigenvalue weighted by molar-refractivity contribution is 9.10. The first-order valence-corrected chi connectivity index (χ1v) is 5.22. The van der Waals surface area contributed by atoms with E-state index < -0.39 is 12.1 Å². The molecule has 1 aromatic rings. The summed E-state index contributed by atoms with van der Waals surface area (Å²) in [6.45, 7) is 0.190. The molecule has 86 valence electrons. The first-order valence-electron chi connectivity index (χ1n) is 4.42. The lowest BCUT2D eigenvalue weighted by Gasteiger charge is -2.07. The minimum Gasteiger partial charge on any atom is -0.475 e. The molecule has 0 saturated carbocycles. The number of rotatable bonds is 5. The number of aliphatic hydroxyl groups excluding tert-OH is 1. The quantitative estimate of drug-likeness (QED) is 0.716. The zero-order valence-electron chi connectivity index (χ0n) is 8.24. The Morgan fingerprint density at radius 2 is 2.44 bits per heavy atom. The average molecular weight is 288 g/mol. The van der Waals surface area contributed by atoms with Crippen molar-refractivity contribution < 1.29 is 19.4 Å². The summed E-state index contributed by atoms with van der Waals surface area (Å²) in [5.74, 6) is 1.24. The van der Waals surface area contributed by atoms with Crippen molar-refractivity contribution in [2.75, 3.05) is 11.9 Å². The van der Waals surface area contributed by atoms with Crippen molar-refractivity contribution in [2.45, 2.75) is 12.5 Å². The topological polar surface area (TPSA) is 82.7 Å². The molecule has 0 amide bonds. The second kappa shape index (κ2) is 5.58. The van der Waals surface area contributed by atoms with E-state index in [2.05, 4.69) is 27.2 Å². The van der Waals surface area contributed by atoms with Gasteiger partial charge in [-0.25, -0.2) is 4.79 Å². The number of hydrogen-bond donors (Lipinski definition) is 3. The van der Waals surface area contributed by atoms with Gasteiger partial charge in [-0.3, -0.25) is 0 Å². The molecule has 5 nitrogen and oxygen atoms in total. The average Bonchev–Trinajstić information content (AvgIpc) is 2.58. The fourth-order valence-electron chi connectivity index (χ4n) is 1.01. The molecule has 0 fully saturated rings. The number of carbonyl (C=O) groups is 1. The second-order valence-electron chi connectivity index (χ2n) is 3.04. The Bertz CT molecular complexity index is 421. The van der Waals surface area contributed by atoms with Gasteiger partial charge in [0.1, 0.15) is 0 Å². The van der Waals surface area contributed by atoms with Gasteiger partial charge in [0.25, 0.3) is 0 Å². The maximum atomic E-state index is 10.6. The van der Waals surface area contributed by atoms with Gasteiger partial charge in [0.05, 0.1) is 10.6 Å². The van der Waals surface area contributed by atoms with E-state index >= 15 is 0 Å². The fourth-order valence-corrected chi connectivity index (χ4v) is 1.44. The molecular formula is C10H10BrNO4. The lowest BCUT2D eigenvalue weighted by molar-refractivity contribution is 0.0663. The third-order valence-corrected chi connectivity index (χ3v) is 2.34. The van der Waals surface area contributed by atoms with E-state index in [1.165, 1.54) is 6.07 Å². The maximum Gasteiger partial charge on any atom is 0.371 e. The minimum atomic E-state index is -1.15. The van der Waals surface area contributed by atoms with Crippen LogP contribution in [0.1, 0.15) is 17.0 Å². The monoisotopic (exact) mass is 287 g/mol. The Balaban J connectivity index is 2.61. The van der Waals surface area contributed by atoms with Gasteiger partial charge in [0.15, 0.2) is 0 Å². The Kier molecular flexibility index (Phi) is 4.40. The largest absolute Gasteiger partial charge is 0.475 e. The Morgan fingerprint density at radius 3 is 2.94 bits per heavy atom. The molecule has 3 N–H and O–H groups in total. The molecule has 1 atom stereocenters. The van der Waals surface area contributed by atoms with E-state index in [1.54, 1.807) is 0 Å². The first kappa shape index (κ1) is 12.6. The van der Waals surface area contributed by atoms with Crippen LogP contribution in [0.2, 0.25) is 0 Å². The van der Waals surface area contributed by atoms with E-state index in [9.17, 15) is 9.90 Å². The van der Waals surface area contributed by atoms with Crippen LogP contribution in [0.5, 0.6) is 0 Å². The molecule has 0 aliphatic rings. The number of carboxylic acids is 1. The number of nitrogens with one attached hydrogen (secondary N) is 1.